The second-order valence-electron chi connectivity index (χ2n) is 5.73. The molecule has 26 heavy (non-hydrogen) atoms. The van der Waals surface area contributed by atoms with E-state index in [0.717, 1.165) is 9.87 Å². The van der Waals surface area contributed by atoms with Gasteiger partial charge in [0, 0.05) is 20.5 Å². The maximum absolute atomic E-state index is 12.1. The summed E-state index contributed by atoms with van der Waals surface area (Å²) in [6.07, 6.45) is 0.656. The molecule has 140 valence electrons. The number of hydrogen-bond acceptors (Lipinski definition) is 3. The van der Waals surface area contributed by atoms with Crippen LogP contribution < -0.4 is 5.32 Å². The molecule has 1 amide bonds. The summed E-state index contributed by atoms with van der Waals surface area (Å²) >= 11 is 17.8. The van der Waals surface area contributed by atoms with Crippen LogP contribution in [0.1, 0.15) is 12.0 Å². The van der Waals surface area contributed by atoms with Crippen LogP contribution in [0.4, 0.5) is 5.69 Å². The van der Waals surface area contributed by atoms with Crippen LogP contribution in [0.25, 0.3) is 0 Å². The van der Waals surface area contributed by atoms with Gasteiger partial charge in [-0.15, -0.1) is 0 Å². The molecule has 0 saturated carbocycles. The summed E-state index contributed by atoms with van der Waals surface area (Å²) in [6, 6.07) is 9.39. The van der Waals surface area contributed by atoms with E-state index < -0.39 is 10.0 Å². The lowest BCUT2D eigenvalue weighted by molar-refractivity contribution is -0.116. The van der Waals surface area contributed by atoms with Gasteiger partial charge in [-0.1, -0.05) is 46.9 Å². The van der Waals surface area contributed by atoms with Gasteiger partial charge in [-0.3, -0.25) is 4.79 Å². The number of anilines is 1. The molecule has 9 heteroatoms. The minimum absolute atomic E-state index is 0.205. The average Bonchev–Trinajstić information content (AvgIpc) is 2.58. The maximum Gasteiger partial charge on any atom is 0.242 e. The average molecular weight is 436 g/mol. The fourth-order valence-electron chi connectivity index (χ4n) is 2.13. The Morgan fingerprint density at radius 3 is 2.15 bits per heavy atom. The number of sulfonamides is 1. The van der Waals surface area contributed by atoms with E-state index in [-0.39, 0.29) is 17.2 Å². The molecule has 0 aliphatic carbocycles. The normalized spacial score (nSPS) is 11.6. The fourth-order valence-corrected chi connectivity index (χ4v) is 3.62. The Balaban J connectivity index is 1.99. The Hall–Kier alpha value is -1.31. The zero-order valence-corrected chi connectivity index (χ0v) is 17.2. The first-order valence-corrected chi connectivity index (χ1v) is 10.1. The number of nitrogens with one attached hydrogen (secondary N) is 1. The molecule has 0 saturated heterocycles. The van der Waals surface area contributed by atoms with Gasteiger partial charge in [0.2, 0.25) is 15.9 Å². The fraction of sp³-hybridized carbons (Fsp3) is 0.235. The molecular formula is C17H17Cl3N2O3S. The lowest BCUT2D eigenvalue weighted by Gasteiger charge is -2.12. The van der Waals surface area contributed by atoms with Crippen molar-refractivity contribution in [1.29, 1.82) is 0 Å². The minimum atomic E-state index is -3.46. The zero-order valence-electron chi connectivity index (χ0n) is 14.1. The van der Waals surface area contributed by atoms with E-state index in [0.29, 0.717) is 27.2 Å². The topological polar surface area (TPSA) is 66.5 Å². The number of aryl methyl sites for hydroxylation is 1. The summed E-state index contributed by atoms with van der Waals surface area (Å²) in [7, 11) is -0.514. The van der Waals surface area contributed by atoms with E-state index in [1.165, 1.54) is 38.4 Å². The van der Waals surface area contributed by atoms with E-state index in [2.05, 4.69) is 5.32 Å². The number of benzene rings is 2. The molecule has 2 aromatic rings. The van der Waals surface area contributed by atoms with Gasteiger partial charge in [-0.25, -0.2) is 12.7 Å². The van der Waals surface area contributed by atoms with Crippen LogP contribution >= 0.6 is 34.8 Å². The molecule has 0 unspecified atom stereocenters. The molecule has 5 nitrogen and oxygen atoms in total. The molecule has 0 heterocycles. The van der Waals surface area contributed by atoms with Crippen LogP contribution in [-0.4, -0.2) is 32.7 Å². The van der Waals surface area contributed by atoms with E-state index >= 15 is 0 Å². The smallest absolute Gasteiger partial charge is 0.242 e. The number of nitrogens with zero attached hydrogens (tertiary/aromatic N) is 1. The van der Waals surface area contributed by atoms with Crippen LogP contribution in [0.3, 0.4) is 0 Å². The molecule has 1 N–H and O–H groups in total. The van der Waals surface area contributed by atoms with Gasteiger partial charge in [0.15, 0.2) is 0 Å². The Bertz CT molecular complexity index is 914. The highest BCUT2D eigenvalue weighted by molar-refractivity contribution is 7.89. The molecule has 0 bridgehead atoms. The monoisotopic (exact) mass is 434 g/mol. The highest BCUT2D eigenvalue weighted by atomic mass is 35.5. The first kappa shape index (κ1) is 21.0. The number of hydrogen-bond donors (Lipinski definition) is 1. The molecule has 2 aromatic carbocycles. The van der Waals surface area contributed by atoms with Crippen molar-refractivity contribution in [2.75, 3.05) is 19.4 Å². The van der Waals surface area contributed by atoms with Crippen molar-refractivity contribution < 1.29 is 13.2 Å². The number of carbonyl (C=O) groups excluding carboxylic acids is 1. The molecule has 0 atom stereocenters. The van der Waals surface area contributed by atoms with Gasteiger partial charge in [-0.2, -0.15) is 0 Å². The van der Waals surface area contributed by atoms with E-state index in [4.69, 9.17) is 34.8 Å². The van der Waals surface area contributed by atoms with Crippen LogP contribution in [0.5, 0.6) is 0 Å². The van der Waals surface area contributed by atoms with Gasteiger partial charge < -0.3 is 5.32 Å². The SMILES string of the molecule is CN(C)S(=O)(=O)c1ccc(CCC(=O)Nc2cc(Cl)c(Cl)cc2Cl)cc1. The molecule has 2 rings (SSSR count). The maximum atomic E-state index is 12.1. The molecule has 0 aliphatic rings. The summed E-state index contributed by atoms with van der Waals surface area (Å²) < 4.78 is 25.2. The standard InChI is InChI=1S/C17H17Cl3N2O3S/c1-22(2)26(24,25)12-6-3-11(4-7-12)5-8-17(23)21-16-10-14(19)13(18)9-15(16)20/h3-4,6-7,9-10H,5,8H2,1-2H3,(H,21,23). The number of amides is 1. The van der Waals surface area contributed by atoms with Crippen LogP contribution in [0.15, 0.2) is 41.3 Å². The third-order valence-corrected chi connectivity index (χ3v) is 6.49. The zero-order chi connectivity index (χ0) is 19.5. The second kappa shape index (κ2) is 8.59. The summed E-state index contributed by atoms with van der Waals surface area (Å²) in [6.45, 7) is 0. The van der Waals surface area contributed by atoms with Gasteiger partial charge in [0.1, 0.15) is 0 Å². The number of rotatable bonds is 6. The van der Waals surface area contributed by atoms with Gasteiger partial charge in [-0.05, 0) is 36.2 Å². The van der Waals surface area contributed by atoms with E-state index in [1.54, 1.807) is 12.1 Å². The number of carbonyl (C=O) groups is 1. The lowest BCUT2D eigenvalue weighted by atomic mass is 10.1. The highest BCUT2D eigenvalue weighted by Gasteiger charge is 2.16. The van der Waals surface area contributed by atoms with Crippen molar-refractivity contribution in [2.24, 2.45) is 0 Å². The third-order valence-electron chi connectivity index (χ3n) is 3.63. The van der Waals surface area contributed by atoms with Crippen molar-refractivity contribution in [3.8, 4) is 0 Å². The highest BCUT2D eigenvalue weighted by Crippen LogP contribution is 2.32. The van der Waals surface area contributed by atoms with Gasteiger partial charge >= 0.3 is 0 Å². The summed E-state index contributed by atoms with van der Waals surface area (Å²) in [4.78, 5) is 12.3. The molecule has 0 spiro atoms. The van der Waals surface area contributed by atoms with Crippen LogP contribution in [-0.2, 0) is 21.2 Å². The van der Waals surface area contributed by atoms with Crippen LogP contribution in [0, 0.1) is 0 Å². The molecule has 0 fully saturated rings. The molecule has 0 aromatic heterocycles. The quantitative estimate of drug-likeness (QED) is 0.681. The Morgan fingerprint density at radius 1 is 1.00 bits per heavy atom. The first-order valence-electron chi connectivity index (χ1n) is 7.57. The predicted octanol–water partition coefficient (Wildman–Crippen LogP) is 4.47. The van der Waals surface area contributed by atoms with Crippen molar-refractivity contribution in [1.82, 2.24) is 4.31 Å². The molecule has 0 radical (unpaired) electrons. The summed E-state index contributed by atoms with van der Waals surface area (Å²) in [5, 5.41) is 3.58. The first-order chi connectivity index (χ1) is 12.1. The molecule has 0 aliphatic heterocycles. The van der Waals surface area contributed by atoms with Gasteiger partial charge in [0.05, 0.1) is 25.7 Å². The molecular weight excluding hydrogens is 419 g/mol. The summed E-state index contributed by atoms with van der Waals surface area (Å²) in [5.74, 6) is -0.240. The predicted molar refractivity (Wildman–Crippen MR) is 106 cm³/mol. The van der Waals surface area contributed by atoms with Crippen LogP contribution in [0.2, 0.25) is 15.1 Å². The largest absolute Gasteiger partial charge is 0.325 e. The summed E-state index contributed by atoms with van der Waals surface area (Å²) in [5.41, 5.74) is 1.23. The van der Waals surface area contributed by atoms with Gasteiger partial charge in [0.25, 0.3) is 0 Å². The van der Waals surface area contributed by atoms with Crippen molar-refractivity contribution >= 4 is 56.4 Å². The Morgan fingerprint density at radius 2 is 1.58 bits per heavy atom. The Kier molecular flexibility index (Phi) is 6.93. The lowest BCUT2D eigenvalue weighted by Crippen LogP contribution is -2.22. The number of halogens is 3. The van der Waals surface area contributed by atoms with Crippen molar-refractivity contribution in [3.63, 3.8) is 0 Å². The van der Waals surface area contributed by atoms with E-state index in [1.807, 2.05) is 0 Å². The van der Waals surface area contributed by atoms with Crippen molar-refractivity contribution in [3.05, 3.63) is 57.0 Å². The third kappa shape index (κ3) is 5.11. The van der Waals surface area contributed by atoms with Crippen molar-refractivity contribution in [2.45, 2.75) is 17.7 Å². The van der Waals surface area contributed by atoms with E-state index in [9.17, 15) is 13.2 Å². The minimum Gasteiger partial charge on any atom is -0.325 e. The second-order valence-corrected chi connectivity index (χ2v) is 9.10. The Labute approximate surface area is 167 Å².